The topological polar surface area (TPSA) is 133 Å². The molecule has 2 saturated carbocycles. The van der Waals surface area contributed by atoms with Gasteiger partial charge in [-0.15, -0.1) is 0 Å². The zero-order valence-corrected chi connectivity index (χ0v) is 24.1. The van der Waals surface area contributed by atoms with E-state index in [1.807, 2.05) is 13.1 Å². The number of carbonyl (C=O) groups is 1. The molecule has 2 spiro atoms. The number of ether oxygens (including phenoxy) is 2. The summed E-state index contributed by atoms with van der Waals surface area (Å²) >= 11 is 0. The number of aromatic nitrogens is 2. The molecular formula is C30H46N6O4. The van der Waals surface area contributed by atoms with E-state index in [9.17, 15) is 9.90 Å². The molecule has 4 N–H and O–H groups in total. The first-order valence-electron chi connectivity index (χ1n) is 15.1. The number of allylic oxidation sites excluding steroid dienone is 1. The highest BCUT2D eigenvalue weighted by Gasteiger charge is 2.49. The summed E-state index contributed by atoms with van der Waals surface area (Å²) in [5.74, 6) is 1.54. The molecule has 5 rings (SSSR count). The molecule has 2 saturated heterocycles. The van der Waals surface area contributed by atoms with E-state index < -0.39 is 11.3 Å². The number of aliphatic hydroxyl groups is 1. The normalized spacial score (nSPS) is 28.3. The number of carbonyl (C=O) groups excluding carboxylic acids is 1. The molecule has 10 heteroatoms. The highest BCUT2D eigenvalue weighted by atomic mass is 16.5. The molecule has 2 aliphatic heterocycles. The number of nitrogens with one attached hydrogen (secondary N) is 3. The van der Waals surface area contributed by atoms with Crippen LogP contribution in [0, 0.1) is 22.7 Å². The lowest BCUT2D eigenvalue weighted by Gasteiger charge is -2.49. The quantitative estimate of drug-likeness (QED) is 0.195. The fourth-order valence-corrected chi connectivity index (χ4v) is 7.00. The van der Waals surface area contributed by atoms with Crippen molar-refractivity contribution in [3.8, 4) is 5.88 Å². The van der Waals surface area contributed by atoms with Crippen LogP contribution in [0.5, 0.6) is 5.88 Å². The van der Waals surface area contributed by atoms with Crippen molar-refractivity contribution >= 4 is 23.6 Å². The van der Waals surface area contributed by atoms with Crippen molar-refractivity contribution in [2.45, 2.75) is 70.3 Å². The van der Waals surface area contributed by atoms with Crippen LogP contribution in [0.15, 0.2) is 11.6 Å². The second kappa shape index (κ2) is 12.5. The molecule has 3 atom stereocenters. The van der Waals surface area contributed by atoms with Gasteiger partial charge >= 0.3 is 0 Å². The van der Waals surface area contributed by atoms with E-state index in [-0.39, 0.29) is 22.9 Å². The first-order chi connectivity index (χ1) is 19.4. The van der Waals surface area contributed by atoms with E-state index in [1.165, 1.54) is 6.21 Å². The van der Waals surface area contributed by atoms with Gasteiger partial charge in [0.1, 0.15) is 11.6 Å². The summed E-state index contributed by atoms with van der Waals surface area (Å²) in [6.07, 6.45) is 8.92. The van der Waals surface area contributed by atoms with E-state index in [0.29, 0.717) is 55.9 Å². The third-order valence-electron chi connectivity index (χ3n) is 9.34. The SMILES string of the molecule is CNCCC[C@H](C)COc1cc(N2CCNC3(COC3)C2)nc(/C(O)=C2\CCC[C@@]3(CCCCC3=O)C2C=N)n1. The minimum absolute atomic E-state index is 0.00320. The summed E-state index contributed by atoms with van der Waals surface area (Å²) in [7, 11) is 1.96. The Bertz CT molecular complexity index is 1100. The largest absolute Gasteiger partial charge is 0.504 e. The third-order valence-corrected chi connectivity index (χ3v) is 9.34. The summed E-state index contributed by atoms with van der Waals surface area (Å²) in [4.78, 5) is 25.0. The smallest absolute Gasteiger partial charge is 0.219 e. The van der Waals surface area contributed by atoms with Gasteiger partial charge in [-0.1, -0.05) is 13.3 Å². The number of piperazine rings is 1. The standard InChI is InChI=1S/C30H46N6O4/c1-21(7-6-12-32-2)17-40-26-15-25(36-14-13-33-29(18-36)19-39-20-29)34-28(35-26)27(38)22-8-5-11-30(23(22)16-31)10-4-3-9-24(30)37/h15-16,21,23,31-33,38H,3-14,17-20H2,1-2H3/b27-22-,31-16?/t21-,23?,30-/m0/s1. The van der Waals surface area contributed by atoms with Crippen LogP contribution in [0.2, 0.25) is 0 Å². The third kappa shape index (κ3) is 5.90. The van der Waals surface area contributed by atoms with Gasteiger partial charge < -0.3 is 35.5 Å². The van der Waals surface area contributed by atoms with Crippen molar-refractivity contribution in [3.63, 3.8) is 0 Å². The van der Waals surface area contributed by atoms with Gasteiger partial charge in [0.15, 0.2) is 11.6 Å². The second-order valence-electron chi connectivity index (χ2n) is 12.3. The van der Waals surface area contributed by atoms with Crippen molar-refractivity contribution in [2.75, 3.05) is 57.9 Å². The minimum Gasteiger partial charge on any atom is -0.504 e. The average molecular weight is 555 g/mol. The molecule has 0 amide bonds. The molecule has 2 aliphatic carbocycles. The van der Waals surface area contributed by atoms with Gasteiger partial charge in [0.05, 0.1) is 25.4 Å². The number of hydrogen-bond donors (Lipinski definition) is 4. The van der Waals surface area contributed by atoms with Crippen LogP contribution in [0.3, 0.4) is 0 Å². The molecule has 220 valence electrons. The van der Waals surface area contributed by atoms with E-state index in [4.69, 9.17) is 19.9 Å². The van der Waals surface area contributed by atoms with Gasteiger partial charge in [0.2, 0.25) is 5.88 Å². The van der Waals surface area contributed by atoms with Crippen molar-refractivity contribution in [2.24, 2.45) is 17.3 Å². The molecular weight excluding hydrogens is 508 g/mol. The van der Waals surface area contributed by atoms with E-state index >= 15 is 0 Å². The summed E-state index contributed by atoms with van der Waals surface area (Å²) in [6.45, 7) is 7.35. The van der Waals surface area contributed by atoms with Crippen LogP contribution in [-0.2, 0) is 9.53 Å². The van der Waals surface area contributed by atoms with Crippen LogP contribution in [0.1, 0.15) is 70.5 Å². The molecule has 0 radical (unpaired) electrons. The minimum atomic E-state index is -0.587. The zero-order valence-electron chi connectivity index (χ0n) is 24.1. The first kappa shape index (κ1) is 29.0. The molecule has 4 aliphatic rings. The van der Waals surface area contributed by atoms with Crippen molar-refractivity contribution in [1.82, 2.24) is 20.6 Å². The van der Waals surface area contributed by atoms with Crippen LogP contribution in [0.4, 0.5) is 5.82 Å². The predicted molar refractivity (Wildman–Crippen MR) is 155 cm³/mol. The average Bonchev–Trinajstić information content (AvgIpc) is 2.96. The lowest BCUT2D eigenvalue weighted by atomic mass is 9.57. The van der Waals surface area contributed by atoms with E-state index in [1.54, 1.807) is 0 Å². The Kier molecular flexibility index (Phi) is 9.07. The Morgan fingerprint density at radius 1 is 1.32 bits per heavy atom. The van der Waals surface area contributed by atoms with Crippen LogP contribution >= 0.6 is 0 Å². The number of ketones is 1. The molecule has 0 bridgehead atoms. The number of nitrogens with zero attached hydrogens (tertiary/aromatic N) is 3. The highest BCUT2D eigenvalue weighted by molar-refractivity contribution is 5.91. The fraction of sp³-hybridized carbons (Fsp3) is 0.733. The second-order valence-corrected chi connectivity index (χ2v) is 12.3. The van der Waals surface area contributed by atoms with Gasteiger partial charge in [0.25, 0.3) is 0 Å². The molecule has 0 aromatic carbocycles. The van der Waals surface area contributed by atoms with Crippen molar-refractivity contribution in [3.05, 3.63) is 17.5 Å². The Hall–Kier alpha value is -2.56. The lowest BCUT2D eigenvalue weighted by molar-refractivity contribution is -0.134. The van der Waals surface area contributed by atoms with Gasteiger partial charge in [-0.05, 0) is 70.0 Å². The number of rotatable bonds is 10. The molecule has 40 heavy (non-hydrogen) atoms. The molecule has 1 aromatic heterocycles. The van der Waals surface area contributed by atoms with Gasteiger partial charge in [-0.2, -0.15) is 4.98 Å². The number of Topliss-reactive ketones (excluding diaryl/α,β-unsaturated/α-hetero) is 1. The van der Waals surface area contributed by atoms with Crippen LogP contribution < -0.4 is 20.3 Å². The maximum atomic E-state index is 13.2. The molecule has 10 nitrogen and oxygen atoms in total. The van der Waals surface area contributed by atoms with Gasteiger partial charge in [0, 0.05) is 49.7 Å². The molecule has 3 heterocycles. The van der Waals surface area contributed by atoms with Crippen LogP contribution in [-0.4, -0.2) is 85.7 Å². The van der Waals surface area contributed by atoms with E-state index in [0.717, 1.165) is 71.1 Å². The Morgan fingerprint density at radius 3 is 2.88 bits per heavy atom. The van der Waals surface area contributed by atoms with Gasteiger partial charge in [-0.25, -0.2) is 4.98 Å². The summed E-state index contributed by atoms with van der Waals surface area (Å²) in [5, 5.41) is 26.8. The van der Waals surface area contributed by atoms with Gasteiger partial charge in [-0.3, -0.25) is 4.79 Å². The maximum Gasteiger partial charge on any atom is 0.219 e. The van der Waals surface area contributed by atoms with E-state index in [2.05, 4.69) is 27.4 Å². The van der Waals surface area contributed by atoms with Crippen molar-refractivity contribution in [1.29, 1.82) is 5.41 Å². The molecule has 4 fully saturated rings. The summed E-state index contributed by atoms with van der Waals surface area (Å²) in [5.41, 5.74) is 0.0510. The summed E-state index contributed by atoms with van der Waals surface area (Å²) < 4.78 is 11.7. The maximum absolute atomic E-state index is 13.2. The number of anilines is 1. The number of hydrogen-bond acceptors (Lipinski definition) is 10. The predicted octanol–water partition coefficient (Wildman–Crippen LogP) is 3.52. The molecule has 1 aromatic rings. The Labute approximate surface area is 237 Å². The molecule has 1 unspecified atom stereocenters. The summed E-state index contributed by atoms with van der Waals surface area (Å²) in [6, 6.07) is 1.88. The lowest BCUT2D eigenvalue weighted by Crippen LogP contribution is -2.70. The fourth-order valence-electron chi connectivity index (χ4n) is 7.00. The first-order valence-corrected chi connectivity index (χ1v) is 15.1. The monoisotopic (exact) mass is 554 g/mol. The zero-order chi connectivity index (χ0) is 28.2. The van der Waals surface area contributed by atoms with Crippen LogP contribution in [0.25, 0.3) is 5.76 Å². The van der Waals surface area contributed by atoms with Crippen molar-refractivity contribution < 1.29 is 19.4 Å². The highest BCUT2D eigenvalue weighted by Crippen LogP contribution is 2.51. The number of aliphatic hydroxyl groups excluding tert-OH is 1. The Balaban J connectivity index is 1.46. The Morgan fingerprint density at radius 2 is 2.15 bits per heavy atom.